The predicted octanol–water partition coefficient (Wildman–Crippen LogP) is -0.506. The topological polar surface area (TPSA) is 44.3 Å². The van der Waals surface area contributed by atoms with Crippen LogP contribution in [0.25, 0.3) is 0 Å². The van der Waals surface area contributed by atoms with Gasteiger partial charge in [0.15, 0.2) is 18.7 Å². The second kappa shape index (κ2) is 2.77. The second-order valence-electron chi connectivity index (χ2n) is 2.18. The Morgan fingerprint density at radius 3 is 2.60 bits per heavy atom. The van der Waals surface area contributed by atoms with Crippen molar-refractivity contribution in [2.45, 2.75) is 6.29 Å². The molecule has 0 aliphatic rings. The van der Waals surface area contributed by atoms with Gasteiger partial charge >= 0.3 is 0 Å². The van der Waals surface area contributed by atoms with Gasteiger partial charge in [0.25, 0.3) is 0 Å². The summed E-state index contributed by atoms with van der Waals surface area (Å²) in [5.41, 5.74) is 0.505. The van der Waals surface area contributed by atoms with E-state index in [1.165, 1.54) is 0 Å². The summed E-state index contributed by atoms with van der Waals surface area (Å²) in [6, 6.07) is 3.42. The van der Waals surface area contributed by atoms with Crippen LogP contribution in [0, 0.1) is 0 Å². The van der Waals surface area contributed by atoms with Crippen LogP contribution < -0.4 is 4.57 Å². The molecular formula is C7H10NO2+. The van der Waals surface area contributed by atoms with E-state index in [1.807, 2.05) is 13.2 Å². The molecule has 0 spiro atoms. The van der Waals surface area contributed by atoms with Crippen molar-refractivity contribution in [1.82, 2.24) is 0 Å². The predicted molar refractivity (Wildman–Crippen MR) is 34.8 cm³/mol. The van der Waals surface area contributed by atoms with E-state index in [4.69, 9.17) is 10.2 Å². The van der Waals surface area contributed by atoms with Gasteiger partial charge in [-0.1, -0.05) is 0 Å². The SMILES string of the molecule is C[n+]1cccc(C(O)O)c1. The molecule has 3 heteroatoms. The highest BCUT2D eigenvalue weighted by molar-refractivity contribution is 5.05. The number of aliphatic hydroxyl groups excluding tert-OH is 1. The standard InChI is InChI=1S/C7H10NO2/c1-8-4-2-3-6(5-8)7(9)10/h2-5,7,9-10H,1H3/q+1. The first-order chi connectivity index (χ1) is 4.70. The first-order valence-corrected chi connectivity index (χ1v) is 3.01. The van der Waals surface area contributed by atoms with Crippen LogP contribution in [0.4, 0.5) is 0 Å². The Balaban J connectivity index is 2.96. The summed E-state index contributed by atoms with van der Waals surface area (Å²) in [7, 11) is 1.83. The molecule has 0 atom stereocenters. The van der Waals surface area contributed by atoms with E-state index in [1.54, 1.807) is 22.9 Å². The number of aryl methyl sites for hydroxylation is 1. The molecule has 0 saturated heterocycles. The minimum atomic E-state index is -1.37. The lowest BCUT2D eigenvalue weighted by Crippen LogP contribution is -2.27. The van der Waals surface area contributed by atoms with Crippen molar-refractivity contribution in [1.29, 1.82) is 0 Å². The average Bonchev–Trinajstić information content (AvgIpc) is 1.88. The van der Waals surface area contributed by atoms with E-state index in [2.05, 4.69) is 0 Å². The molecular weight excluding hydrogens is 130 g/mol. The van der Waals surface area contributed by atoms with Gasteiger partial charge in [-0.15, -0.1) is 0 Å². The molecule has 0 aliphatic carbocycles. The maximum Gasteiger partial charge on any atom is 0.184 e. The lowest BCUT2D eigenvalue weighted by molar-refractivity contribution is -0.672. The Hall–Kier alpha value is -0.930. The van der Waals surface area contributed by atoms with E-state index < -0.39 is 6.29 Å². The summed E-state index contributed by atoms with van der Waals surface area (Å²) >= 11 is 0. The van der Waals surface area contributed by atoms with Crippen molar-refractivity contribution >= 4 is 0 Å². The maximum absolute atomic E-state index is 8.69. The minimum Gasteiger partial charge on any atom is -0.364 e. The van der Waals surface area contributed by atoms with Crippen molar-refractivity contribution in [3.8, 4) is 0 Å². The number of aromatic nitrogens is 1. The van der Waals surface area contributed by atoms with Crippen LogP contribution in [-0.4, -0.2) is 10.2 Å². The zero-order valence-electron chi connectivity index (χ0n) is 5.73. The molecule has 10 heavy (non-hydrogen) atoms. The Kier molecular flexibility index (Phi) is 1.99. The van der Waals surface area contributed by atoms with Crippen LogP contribution in [0.15, 0.2) is 24.5 Å². The van der Waals surface area contributed by atoms with Crippen LogP contribution in [0.3, 0.4) is 0 Å². The fourth-order valence-corrected chi connectivity index (χ4v) is 0.764. The highest BCUT2D eigenvalue weighted by atomic mass is 16.5. The molecule has 3 nitrogen and oxygen atoms in total. The first kappa shape index (κ1) is 7.18. The highest BCUT2D eigenvalue weighted by Gasteiger charge is 2.04. The number of hydrogen-bond acceptors (Lipinski definition) is 2. The fourth-order valence-electron chi connectivity index (χ4n) is 0.764. The molecule has 0 unspecified atom stereocenters. The Bertz CT molecular complexity index is 223. The molecule has 0 amide bonds. The number of pyridine rings is 1. The molecule has 0 radical (unpaired) electrons. The van der Waals surface area contributed by atoms with E-state index in [-0.39, 0.29) is 0 Å². The summed E-state index contributed by atoms with van der Waals surface area (Å²) < 4.78 is 1.76. The van der Waals surface area contributed by atoms with E-state index in [9.17, 15) is 0 Å². The number of nitrogens with zero attached hydrogens (tertiary/aromatic N) is 1. The minimum absolute atomic E-state index is 0.505. The normalized spacial score (nSPS) is 10.4. The monoisotopic (exact) mass is 140 g/mol. The lowest BCUT2D eigenvalue weighted by atomic mass is 10.3. The molecule has 54 valence electrons. The summed E-state index contributed by atoms with van der Waals surface area (Å²) in [4.78, 5) is 0. The van der Waals surface area contributed by atoms with Gasteiger partial charge < -0.3 is 10.2 Å². The molecule has 0 aliphatic heterocycles. The zero-order chi connectivity index (χ0) is 7.56. The molecule has 2 N–H and O–H groups in total. The van der Waals surface area contributed by atoms with E-state index in [0.29, 0.717) is 5.56 Å². The van der Waals surface area contributed by atoms with Crippen LogP contribution in [0.1, 0.15) is 11.9 Å². The van der Waals surface area contributed by atoms with Gasteiger partial charge in [-0.2, -0.15) is 0 Å². The maximum atomic E-state index is 8.69. The second-order valence-corrected chi connectivity index (χ2v) is 2.18. The van der Waals surface area contributed by atoms with Crippen LogP contribution in [-0.2, 0) is 7.05 Å². The number of aliphatic hydroxyl groups is 2. The van der Waals surface area contributed by atoms with Crippen molar-refractivity contribution in [2.75, 3.05) is 0 Å². The Labute approximate surface area is 59.2 Å². The van der Waals surface area contributed by atoms with Gasteiger partial charge in [-0.05, 0) is 6.07 Å². The van der Waals surface area contributed by atoms with Crippen molar-refractivity contribution < 1.29 is 14.8 Å². The van der Waals surface area contributed by atoms with Gasteiger partial charge in [-0.3, -0.25) is 0 Å². The van der Waals surface area contributed by atoms with Crippen LogP contribution >= 0.6 is 0 Å². The zero-order valence-corrected chi connectivity index (χ0v) is 5.73. The van der Waals surface area contributed by atoms with Gasteiger partial charge in [-0.25, -0.2) is 4.57 Å². The average molecular weight is 140 g/mol. The Morgan fingerprint density at radius 2 is 2.20 bits per heavy atom. The highest BCUT2D eigenvalue weighted by Crippen LogP contribution is 2.03. The summed E-state index contributed by atoms with van der Waals surface area (Å²) in [5, 5.41) is 17.4. The van der Waals surface area contributed by atoms with Crippen LogP contribution in [0.2, 0.25) is 0 Å². The molecule has 0 bridgehead atoms. The van der Waals surface area contributed by atoms with Gasteiger partial charge in [0, 0.05) is 6.07 Å². The molecule has 1 heterocycles. The quantitative estimate of drug-likeness (QED) is 0.408. The third-order valence-electron chi connectivity index (χ3n) is 1.26. The molecule has 1 rings (SSSR count). The fraction of sp³-hybridized carbons (Fsp3) is 0.286. The molecule has 0 fully saturated rings. The summed E-state index contributed by atoms with van der Waals surface area (Å²) in [6.07, 6.45) is 2.11. The van der Waals surface area contributed by atoms with Gasteiger partial charge in [0.1, 0.15) is 7.05 Å². The van der Waals surface area contributed by atoms with E-state index in [0.717, 1.165) is 0 Å². The smallest absolute Gasteiger partial charge is 0.184 e. The van der Waals surface area contributed by atoms with E-state index >= 15 is 0 Å². The molecule has 1 aromatic rings. The third-order valence-corrected chi connectivity index (χ3v) is 1.26. The van der Waals surface area contributed by atoms with Crippen LogP contribution in [0.5, 0.6) is 0 Å². The van der Waals surface area contributed by atoms with Crippen molar-refractivity contribution in [3.63, 3.8) is 0 Å². The van der Waals surface area contributed by atoms with Gasteiger partial charge in [0.2, 0.25) is 0 Å². The molecule has 0 aromatic carbocycles. The first-order valence-electron chi connectivity index (χ1n) is 3.01. The lowest BCUT2D eigenvalue weighted by Gasteiger charge is -1.98. The largest absolute Gasteiger partial charge is 0.364 e. The third kappa shape index (κ3) is 1.52. The Morgan fingerprint density at radius 1 is 1.50 bits per heavy atom. The summed E-state index contributed by atoms with van der Waals surface area (Å²) in [6.45, 7) is 0. The van der Waals surface area contributed by atoms with Crippen molar-refractivity contribution in [2.24, 2.45) is 7.05 Å². The summed E-state index contributed by atoms with van der Waals surface area (Å²) in [5.74, 6) is 0. The number of hydrogen-bond donors (Lipinski definition) is 2. The molecule has 0 saturated carbocycles. The molecule has 1 aromatic heterocycles. The van der Waals surface area contributed by atoms with Crippen molar-refractivity contribution in [3.05, 3.63) is 30.1 Å². The number of rotatable bonds is 1. The van der Waals surface area contributed by atoms with Gasteiger partial charge in [0.05, 0.1) is 5.56 Å².